The summed E-state index contributed by atoms with van der Waals surface area (Å²) in [4.78, 5) is 0.117. The Hall–Kier alpha value is -2.31. The van der Waals surface area contributed by atoms with Crippen molar-refractivity contribution in [2.24, 2.45) is 7.05 Å². The van der Waals surface area contributed by atoms with Crippen molar-refractivity contribution in [3.8, 4) is 11.3 Å². The maximum Gasteiger partial charge on any atom is 0.265 e. The third-order valence-electron chi connectivity index (χ3n) is 3.21. The molecule has 0 amide bonds. The second-order valence-electron chi connectivity index (χ2n) is 5.00. The lowest BCUT2D eigenvalue weighted by Crippen LogP contribution is -2.13. The lowest BCUT2D eigenvalue weighted by atomic mass is 10.2. The van der Waals surface area contributed by atoms with Crippen molar-refractivity contribution in [3.05, 3.63) is 65.8 Å². The summed E-state index contributed by atoms with van der Waals surface area (Å²) in [5.41, 5.74) is 1.54. The highest BCUT2D eigenvalue weighted by molar-refractivity contribution is 7.92. The van der Waals surface area contributed by atoms with E-state index in [1.807, 2.05) is 30.3 Å². The molecular formula is C16H14ClN3O2S. The SMILES string of the molecule is Cn1cc(S(=O)(=O)Nc2cccc(Cl)c2)c(-c2ccccc2)n1. The number of nitrogens with zero attached hydrogens (tertiary/aromatic N) is 2. The Bertz CT molecular complexity index is 937. The van der Waals surface area contributed by atoms with Crippen molar-refractivity contribution >= 4 is 27.3 Å². The molecule has 0 fully saturated rings. The van der Waals surface area contributed by atoms with Crippen molar-refractivity contribution in [2.45, 2.75) is 4.90 Å². The molecule has 7 heteroatoms. The van der Waals surface area contributed by atoms with E-state index in [1.165, 1.54) is 10.9 Å². The van der Waals surface area contributed by atoms with Crippen LogP contribution in [0.1, 0.15) is 0 Å². The summed E-state index contributed by atoms with van der Waals surface area (Å²) >= 11 is 5.90. The first kappa shape index (κ1) is 15.6. The van der Waals surface area contributed by atoms with Crippen LogP contribution in [0, 0.1) is 0 Å². The van der Waals surface area contributed by atoms with Gasteiger partial charge < -0.3 is 0 Å². The van der Waals surface area contributed by atoms with E-state index in [4.69, 9.17) is 11.6 Å². The Labute approximate surface area is 139 Å². The van der Waals surface area contributed by atoms with Gasteiger partial charge >= 0.3 is 0 Å². The van der Waals surface area contributed by atoms with Gasteiger partial charge in [0.05, 0.1) is 5.69 Å². The molecule has 118 valence electrons. The number of anilines is 1. The van der Waals surface area contributed by atoms with Gasteiger partial charge in [0.15, 0.2) is 0 Å². The molecule has 3 aromatic rings. The van der Waals surface area contributed by atoms with Gasteiger partial charge in [-0.15, -0.1) is 0 Å². The van der Waals surface area contributed by atoms with Crippen LogP contribution < -0.4 is 4.72 Å². The normalized spacial score (nSPS) is 11.4. The Kier molecular flexibility index (Phi) is 4.11. The van der Waals surface area contributed by atoms with Gasteiger partial charge in [0, 0.05) is 23.8 Å². The van der Waals surface area contributed by atoms with E-state index < -0.39 is 10.0 Å². The summed E-state index contributed by atoms with van der Waals surface area (Å²) in [5.74, 6) is 0. The number of aromatic nitrogens is 2. The number of halogens is 1. The average Bonchev–Trinajstić information content (AvgIpc) is 2.91. The van der Waals surface area contributed by atoms with Crippen LogP contribution in [0.25, 0.3) is 11.3 Å². The summed E-state index contributed by atoms with van der Waals surface area (Å²) in [6.07, 6.45) is 1.48. The zero-order chi connectivity index (χ0) is 16.4. The minimum absolute atomic E-state index is 0.117. The van der Waals surface area contributed by atoms with E-state index in [0.29, 0.717) is 16.4 Å². The molecule has 0 aliphatic rings. The number of hydrogen-bond donors (Lipinski definition) is 1. The Morgan fingerprint density at radius 3 is 2.52 bits per heavy atom. The predicted octanol–water partition coefficient (Wildman–Crippen LogP) is 3.54. The zero-order valence-electron chi connectivity index (χ0n) is 12.3. The number of nitrogens with one attached hydrogen (secondary N) is 1. The van der Waals surface area contributed by atoms with Crippen LogP contribution in [0.2, 0.25) is 5.02 Å². The van der Waals surface area contributed by atoms with Crippen molar-refractivity contribution in [1.82, 2.24) is 9.78 Å². The summed E-state index contributed by atoms with van der Waals surface area (Å²) in [6.45, 7) is 0. The maximum atomic E-state index is 12.7. The fraction of sp³-hybridized carbons (Fsp3) is 0.0625. The summed E-state index contributed by atoms with van der Waals surface area (Å²) in [6, 6.07) is 15.7. The molecule has 0 saturated carbocycles. The van der Waals surface area contributed by atoms with Crippen LogP contribution in [0.15, 0.2) is 65.7 Å². The quantitative estimate of drug-likeness (QED) is 0.785. The number of aryl methyl sites for hydroxylation is 1. The summed E-state index contributed by atoms with van der Waals surface area (Å²) in [5, 5.41) is 4.74. The summed E-state index contributed by atoms with van der Waals surface area (Å²) < 4.78 is 29.4. The van der Waals surface area contributed by atoms with E-state index in [1.54, 1.807) is 31.3 Å². The molecule has 5 nitrogen and oxygen atoms in total. The minimum atomic E-state index is -3.78. The third kappa shape index (κ3) is 3.38. The van der Waals surface area contributed by atoms with Gasteiger partial charge in [0.2, 0.25) is 0 Å². The second kappa shape index (κ2) is 6.06. The number of benzene rings is 2. The smallest absolute Gasteiger partial charge is 0.265 e. The van der Waals surface area contributed by atoms with Gasteiger partial charge in [-0.05, 0) is 18.2 Å². The molecule has 0 unspecified atom stereocenters. The monoisotopic (exact) mass is 347 g/mol. The van der Waals surface area contributed by atoms with Gasteiger partial charge in [0.1, 0.15) is 10.6 Å². The van der Waals surface area contributed by atoms with Crippen LogP contribution in [0.5, 0.6) is 0 Å². The highest BCUT2D eigenvalue weighted by Crippen LogP contribution is 2.27. The van der Waals surface area contributed by atoms with Crippen molar-refractivity contribution in [1.29, 1.82) is 0 Å². The van der Waals surface area contributed by atoms with Crippen LogP contribution in [0.3, 0.4) is 0 Å². The molecule has 1 heterocycles. The van der Waals surface area contributed by atoms with Crippen LogP contribution in [-0.2, 0) is 17.1 Å². The van der Waals surface area contributed by atoms with Gasteiger partial charge in [-0.25, -0.2) is 8.42 Å². The lowest BCUT2D eigenvalue weighted by Gasteiger charge is -2.08. The molecule has 0 aliphatic heterocycles. The second-order valence-corrected chi connectivity index (χ2v) is 7.08. The zero-order valence-corrected chi connectivity index (χ0v) is 13.8. The predicted molar refractivity (Wildman–Crippen MR) is 90.9 cm³/mol. The van der Waals surface area contributed by atoms with Crippen molar-refractivity contribution < 1.29 is 8.42 Å². The largest absolute Gasteiger partial charge is 0.279 e. The fourth-order valence-electron chi connectivity index (χ4n) is 2.22. The van der Waals surface area contributed by atoms with E-state index in [0.717, 1.165) is 5.56 Å². The molecule has 0 bridgehead atoms. The van der Waals surface area contributed by atoms with Crippen molar-refractivity contribution in [2.75, 3.05) is 4.72 Å². The molecule has 0 spiro atoms. The maximum absolute atomic E-state index is 12.7. The standard InChI is InChI=1S/C16H14ClN3O2S/c1-20-11-15(16(18-20)12-6-3-2-4-7-12)23(21,22)19-14-9-5-8-13(17)10-14/h2-11,19H,1H3. The van der Waals surface area contributed by atoms with Gasteiger partial charge in [-0.3, -0.25) is 9.40 Å². The first-order valence-corrected chi connectivity index (χ1v) is 8.69. The van der Waals surface area contributed by atoms with E-state index in [2.05, 4.69) is 9.82 Å². The molecule has 1 N–H and O–H groups in total. The van der Waals surface area contributed by atoms with Gasteiger partial charge in [0.25, 0.3) is 10.0 Å². The molecule has 0 aliphatic carbocycles. The highest BCUT2D eigenvalue weighted by Gasteiger charge is 2.23. The van der Waals surface area contributed by atoms with Crippen molar-refractivity contribution in [3.63, 3.8) is 0 Å². The fourth-order valence-corrected chi connectivity index (χ4v) is 3.66. The van der Waals surface area contributed by atoms with Gasteiger partial charge in [-0.1, -0.05) is 48.0 Å². The molecule has 1 aromatic heterocycles. The molecule has 3 rings (SSSR count). The Balaban J connectivity index is 2.04. The number of sulfonamides is 1. The molecule has 0 radical (unpaired) electrons. The highest BCUT2D eigenvalue weighted by atomic mass is 35.5. The summed E-state index contributed by atoms with van der Waals surface area (Å²) in [7, 11) is -2.09. The van der Waals surface area contributed by atoms with E-state index >= 15 is 0 Å². The average molecular weight is 348 g/mol. The minimum Gasteiger partial charge on any atom is -0.279 e. The van der Waals surface area contributed by atoms with Crippen LogP contribution >= 0.6 is 11.6 Å². The Morgan fingerprint density at radius 1 is 1.09 bits per heavy atom. The molecular weight excluding hydrogens is 334 g/mol. The first-order chi connectivity index (χ1) is 11.0. The van der Waals surface area contributed by atoms with E-state index in [-0.39, 0.29) is 4.90 Å². The number of rotatable bonds is 4. The first-order valence-electron chi connectivity index (χ1n) is 6.83. The van der Waals surface area contributed by atoms with Crippen LogP contribution in [-0.4, -0.2) is 18.2 Å². The molecule has 23 heavy (non-hydrogen) atoms. The lowest BCUT2D eigenvalue weighted by molar-refractivity contribution is 0.601. The Morgan fingerprint density at radius 2 is 1.83 bits per heavy atom. The molecule has 2 aromatic carbocycles. The third-order valence-corrected chi connectivity index (χ3v) is 4.83. The number of hydrogen-bond acceptors (Lipinski definition) is 3. The van der Waals surface area contributed by atoms with Crippen LogP contribution in [0.4, 0.5) is 5.69 Å². The molecule has 0 atom stereocenters. The topological polar surface area (TPSA) is 64.0 Å². The van der Waals surface area contributed by atoms with Gasteiger partial charge in [-0.2, -0.15) is 5.10 Å². The van der Waals surface area contributed by atoms with E-state index in [9.17, 15) is 8.42 Å². The molecule has 0 saturated heterocycles.